The molecule has 2 aromatic carbocycles. The molecule has 1 saturated heterocycles. The zero-order valence-corrected chi connectivity index (χ0v) is 18.1. The van der Waals surface area contributed by atoms with Crippen molar-refractivity contribution < 1.29 is 9.53 Å². The predicted molar refractivity (Wildman–Crippen MR) is 118 cm³/mol. The van der Waals surface area contributed by atoms with E-state index in [9.17, 15) is 0 Å². The summed E-state index contributed by atoms with van der Waals surface area (Å²) >= 11 is 0. The Labute approximate surface area is 170 Å². The van der Waals surface area contributed by atoms with Gasteiger partial charge < -0.3 is 14.8 Å². The summed E-state index contributed by atoms with van der Waals surface area (Å²) in [5, 5.41) is 15.2. The Balaban J connectivity index is 2.13. The van der Waals surface area contributed by atoms with Crippen LogP contribution in [0.2, 0.25) is 5.04 Å². The van der Waals surface area contributed by atoms with Gasteiger partial charge in [0, 0.05) is 0 Å². The summed E-state index contributed by atoms with van der Waals surface area (Å²) < 4.78 is 7.22. The minimum atomic E-state index is -2.59. The van der Waals surface area contributed by atoms with Crippen LogP contribution in [0.1, 0.15) is 33.6 Å². The quantitative estimate of drug-likeness (QED) is 0.620. The van der Waals surface area contributed by atoms with E-state index in [1.54, 1.807) is 0 Å². The van der Waals surface area contributed by atoms with Gasteiger partial charge in [0.2, 0.25) is 0 Å². The molecule has 1 fully saturated rings. The maximum absolute atomic E-state index is 9.17. The molecule has 0 spiro atoms. The molecule has 2 aromatic rings. The third-order valence-corrected chi connectivity index (χ3v) is 10.5. The zero-order chi connectivity index (χ0) is 20.0. The molecule has 0 amide bonds. The van der Waals surface area contributed by atoms with Gasteiger partial charge in [-0.15, -0.1) is 0 Å². The van der Waals surface area contributed by atoms with Crippen molar-refractivity contribution in [1.29, 1.82) is 0 Å². The van der Waals surface area contributed by atoms with E-state index in [-0.39, 0.29) is 23.8 Å². The minimum absolute atomic E-state index is 0.000830. The van der Waals surface area contributed by atoms with Crippen LogP contribution in [0.5, 0.6) is 0 Å². The number of hydrogen-bond donors (Lipinski definition) is 2. The first kappa shape index (κ1) is 20.8. The Morgan fingerprint density at radius 1 is 1.04 bits per heavy atom. The van der Waals surface area contributed by atoms with E-state index in [1.165, 1.54) is 10.4 Å². The number of nitrogens with one attached hydrogen (secondary N) is 1. The van der Waals surface area contributed by atoms with Gasteiger partial charge in [-0.1, -0.05) is 93.3 Å². The van der Waals surface area contributed by atoms with Crippen LogP contribution in [0.3, 0.4) is 0 Å². The first-order valence-electron chi connectivity index (χ1n) is 10.1. The monoisotopic (exact) mass is 393 g/mol. The molecular weight excluding hydrogens is 362 g/mol. The molecule has 0 aliphatic carbocycles. The van der Waals surface area contributed by atoms with Gasteiger partial charge in [-0.05, 0) is 34.8 Å². The average Bonchev–Trinajstić information content (AvgIpc) is 2.71. The van der Waals surface area contributed by atoms with Gasteiger partial charge in [0.15, 0.2) is 0 Å². The van der Waals surface area contributed by atoms with Crippen LogP contribution >= 0.6 is 0 Å². The Hall–Kier alpha value is -1.90. The second kappa shape index (κ2) is 9.06. The Morgan fingerprint density at radius 2 is 1.61 bits per heavy atom. The number of piperidine rings is 1. The maximum Gasteiger partial charge on any atom is 0.261 e. The smallest absolute Gasteiger partial charge is 0.261 e. The first-order chi connectivity index (χ1) is 13.5. The first-order valence-corrected chi connectivity index (χ1v) is 12.0. The molecule has 0 saturated carbocycles. The highest BCUT2D eigenvalue weighted by Gasteiger charge is 2.52. The minimum Gasteiger partial charge on any atom is -0.402 e. The highest BCUT2D eigenvalue weighted by Crippen LogP contribution is 2.38. The fourth-order valence-corrected chi connectivity index (χ4v) is 8.93. The van der Waals surface area contributed by atoms with Crippen LogP contribution in [0.25, 0.3) is 0 Å². The van der Waals surface area contributed by atoms with Crippen LogP contribution in [0, 0.1) is 11.8 Å². The molecule has 0 unspecified atom stereocenters. The van der Waals surface area contributed by atoms with Gasteiger partial charge in [-0.2, -0.15) is 0 Å². The van der Waals surface area contributed by atoms with Crippen LogP contribution in [-0.2, 0) is 4.43 Å². The Kier molecular flexibility index (Phi) is 6.74. The van der Waals surface area contributed by atoms with Crippen LogP contribution in [0.15, 0.2) is 60.7 Å². The lowest BCUT2D eigenvalue weighted by atomic mass is 10.0. The van der Waals surface area contributed by atoms with Crippen molar-refractivity contribution in [3.05, 3.63) is 60.7 Å². The summed E-state index contributed by atoms with van der Waals surface area (Å²) in [4.78, 5) is 0. The SMILES string of the molecule is CC(C)(C)[Si](O[C@H]1CCCN[C@@H]1C#CCO)(c1ccccc1)c1ccccc1. The molecule has 2 atom stereocenters. The van der Waals surface area contributed by atoms with Gasteiger partial charge >= 0.3 is 0 Å². The fraction of sp³-hybridized carbons (Fsp3) is 0.417. The van der Waals surface area contributed by atoms with Crippen molar-refractivity contribution in [1.82, 2.24) is 5.32 Å². The van der Waals surface area contributed by atoms with Crippen molar-refractivity contribution in [2.24, 2.45) is 0 Å². The molecular formula is C24H31NO2Si. The summed E-state index contributed by atoms with van der Waals surface area (Å²) in [7, 11) is -2.59. The van der Waals surface area contributed by atoms with Crippen molar-refractivity contribution >= 4 is 18.7 Å². The second-order valence-corrected chi connectivity index (χ2v) is 12.6. The van der Waals surface area contributed by atoms with Crippen molar-refractivity contribution in [2.75, 3.05) is 13.2 Å². The fourth-order valence-electron chi connectivity index (χ4n) is 4.20. The second-order valence-electron chi connectivity index (χ2n) is 8.37. The number of rotatable bonds is 4. The topological polar surface area (TPSA) is 41.5 Å². The Bertz CT molecular complexity index is 766. The predicted octanol–water partition coefficient (Wildman–Crippen LogP) is 2.68. The van der Waals surface area contributed by atoms with E-state index in [0.717, 1.165) is 19.4 Å². The molecule has 28 heavy (non-hydrogen) atoms. The lowest BCUT2D eigenvalue weighted by molar-refractivity contribution is 0.131. The highest BCUT2D eigenvalue weighted by atomic mass is 28.4. The van der Waals surface area contributed by atoms with E-state index < -0.39 is 8.32 Å². The largest absolute Gasteiger partial charge is 0.402 e. The van der Waals surface area contributed by atoms with E-state index in [2.05, 4.69) is 98.6 Å². The third kappa shape index (κ3) is 4.23. The van der Waals surface area contributed by atoms with Gasteiger partial charge in [0.05, 0.1) is 12.1 Å². The lowest BCUT2D eigenvalue weighted by Gasteiger charge is -2.47. The molecule has 1 heterocycles. The van der Waals surface area contributed by atoms with Crippen molar-refractivity contribution in [2.45, 2.75) is 50.8 Å². The average molecular weight is 394 g/mol. The summed E-state index contributed by atoms with van der Waals surface area (Å²) in [6.07, 6.45) is 2.04. The van der Waals surface area contributed by atoms with Crippen LogP contribution in [0.4, 0.5) is 0 Å². The summed E-state index contributed by atoms with van der Waals surface area (Å²) in [5.41, 5.74) is 0. The highest BCUT2D eigenvalue weighted by molar-refractivity contribution is 6.99. The molecule has 0 aromatic heterocycles. The molecule has 148 valence electrons. The van der Waals surface area contributed by atoms with Gasteiger partial charge in [-0.3, -0.25) is 0 Å². The van der Waals surface area contributed by atoms with Crippen LogP contribution in [-0.4, -0.2) is 38.7 Å². The standard InChI is InChI=1S/C24H31NO2Si/c1-24(2,3)28(20-12-6-4-7-13-20,21-14-8-5-9-15-21)27-23-17-10-18-25-22(23)16-11-19-26/h4-9,12-15,22-23,25-26H,10,17-19H2,1-3H3/t22-,23+/m1/s1. The molecule has 3 rings (SSSR count). The van der Waals surface area contributed by atoms with E-state index in [0.29, 0.717) is 0 Å². The molecule has 1 aliphatic heterocycles. The zero-order valence-electron chi connectivity index (χ0n) is 17.1. The van der Waals surface area contributed by atoms with Crippen molar-refractivity contribution in [3.63, 3.8) is 0 Å². The maximum atomic E-state index is 9.17. The molecule has 3 nitrogen and oxygen atoms in total. The number of benzene rings is 2. The summed E-state index contributed by atoms with van der Waals surface area (Å²) in [5.74, 6) is 6.01. The molecule has 0 bridgehead atoms. The van der Waals surface area contributed by atoms with Crippen LogP contribution < -0.4 is 15.7 Å². The molecule has 4 heteroatoms. The lowest BCUT2D eigenvalue weighted by Crippen LogP contribution is -2.69. The van der Waals surface area contributed by atoms with Crippen molar-refractivity contribution in [3.8, 4) is 11.8 Å². The third-order valence-electron chi connectivity index (χ3n) is 5.48. The summed E-state index contributed by atoms with van der Waals surface area (Å²) in [6, 6.07) is 21.4. The van der Waals surface area contributed by atoms with Gasteiger partial charge in [0.1, 0.15) is 6.61 Å². The summed E-state index contributed by atoms with van der Waals surface area (Å²) in [6.45, 7) is 7.70. The molecule has 2 N–H and O–H groups in total. The van der Waals surface area contributed by atoms with Gasteiger partial charge in [0.25, 0.3) is 8.32 Å². The van der Waals surface area contributed by atoms with E-state index in [4.69, 9.17) is 9.53 Å². The Morgan fingerprint density at radius 3 is 2.11 bits per heavy atom. The van der Waals surface area contributed by atoms with E-state index in [1.807, 2.05) is 0 Å². The van der Waals surface area contributed by atoms with E-state index >= 15 is 0 Å². The number of aliphatic hydroxyl groups excluding tert-OH is 1. The normalized spacial score (nSPS) is 20.3. The van der Waals surface area contributed by atoms with Gasteiger partial charge in [-0.25, -0.2) is 0 Å². The molecule has 1 aliphatic rings. The number of hydrogen-bond acceptors (Lipinski definition) is 3. The number of aliphatic hydroxyl groups is 1. The molecule has 0 radical (unpaired) electrons.